The first-order valence-electron chi connectivity index (χ1n) is 6.92. The second-order valence-electron chi connectivity index (χ2n) is 5.43. The summed E-state index contributed by atoms with van der Waals surface area (Å²) >= 11 is 3.29. The molecule has 0 N–H and O–H groups in total. The first-order chi connectivity index (χ1) is 10.5. The lowest BCUT2D eigenvalue weighted by Gasteiger charge is -2.31. The topological polar surface area (TPSA) is 46.4 Å². The SMILES string of the molecule is Cc1cc(N2CCc3cc(F)ccc3C2)cc(Br)c1[N+](=O)[O-]. The van der Waals surface area contributed by atoms with E-state index in [1.807, 2.05) is 12.1 Å². The van der Waals surface area contributed by atoms with Gasteiger partial charge in [0.1, 0.15) is 5.82 Å². The van der Waals surface area contributed by atoms with Crippen LogP contribution in [-0.2, 0) is 13.0 Å². The first kappa shape index (κ1) is 15.0. The normalized spacial score (nSPS) is 13.9. The molecule has 2 aromatic rings. The summed E-state index contributed by atoms with van der Waals surface area (Å²) in [5, 5.41) is 11.1. The molecule has 0 fully saturated rings. The van der Waals surface area contributed by atoms with Gasteiger partial charge in [0.25, 0.3) is 5.69 Å². The predicted molar refractivity (Wildman–Crippen MR) is 86.7 cm³/mol. The van der Waals surface area contributed by atoms with Gasteiger partial charge >= 0.3 is 0 Å². The Kier molecular flexibility index (Phi) is 3.87. The number of rotatable bonds is 2. The van der Waals surface area contributed by atoms with Crippen LogP contribution in [0.5, 0.6) is 0 Å². The lowest BCUT2D eigenvalue weighted by molar-refractivity contribution is -0.386. The fraction of sp³-hybridized carbons (Fsp3) is 0.250. The van der Waals surface area contributed by atoms with E-state index in [1.54, 1.807) is 19.1 Å². The zero-order valence-corrected chi connectivity index (χ0v) is 13.6. The highest BCUT2D eigenvalue weighted by Crippen LogP contribution is 2.35. The van der Waals surface area contributed by atoms with Crippen molar-refractivity contribution in [1.29, 1.82) is 0 Å². The molecule has 0 aromatic heterocycles. The molecule has 0 spiro atoms. The Hall–Kier alpha value is -1.95. The number of nitrogens with zero attached hydrogens (tertiary/aromatic N) is 2. The second-order valence-corrected chi connectivity index (χ2v) is 6.29. The summed E-state index contributed by atoms with van der Waals surface area (Å²) in [6.45, 7) is 3.18. The van der Waals surface area contributed by atoms with Crippen molar-refractivity contribution in [1.82, 2.24) is 0 Å². The highest BCUT2D eigenvalue weighted by Gasteiger charge is 2.22. The van der Waals surface area contributed by atoms with Crippen molar-refractivity contribution >= 4 is 27.3 Å². The van der Waals surface area contributed by atoms with Crippen molar-refractivity contribution in [2.75, 3.05) is 11.4 Å². The molecule has 0 amide bonds. The van der Waals surface area contributed by atoms with Crippen LogP contribution in [0.4, 0.5) is 15.8 Å². The molecular weight excluding hydrogens is 351 g/mol. The maximum absolute atomic E-state index is 13.3. The number of hydrogen-bond acceptors (Lipinski definition) is 3. The Bertz CT molecular complexity index is 741. The van der Waals surface area contributed by atoms with Crippen molar-refractivity contribution in [3.8, 4) is 0 Å². The van der Waals surface area contributed by atoms with Crippen LogP contribution in [0.2, 0.25) is 0 Å². The monoisotopic (exact) mass is 364 g/mol. The van der Waals surface area contributed by atoms with Crippen LogP contribution in [0.15, 0.2) is 34.8 Å². The van der Waals surface area contributed by atoms with Crippen molar-refractivity contribution in [3.63, 3.8) is 0 Å². The van der Waals surface area contributed by atoms with E-state index in [-0.39, 0.29) is 16.4 Å². The van der Waals surface area contributed by atoms with Crippen molar-refractivity contribution < 1.29 is 9.31 Å². The van der Waals surface area contributed by atoms with E-state index in [1.165, 1.54) is 6.07 Å². The Morgan fingerprint density at radius 2 is 2.05 bits per heavy atom. The van der Waals surface area contributed by atoms with Crippen LogP contribution < -0.4 is 4.90 Å². The number of aryl methyl sites for hydroxylation is 1. The number of halogens is 2. The van der Waals surface area contributed by atoms with Crippen molar-refractivity contribution in [2.24, 2.45) is 0 Å². The smallest absolute Gasteiger partial charge is 0.286 e. The molecule has 0 radical (unpaired) electrons. The van der Waals surface area contributed by atoms with Crippen molar-refractivity contribution in [3.05, 3.63) is 67.4 Å². The third-order valence-corrected chi connectivity index (χ3v) is 4.57. The van der Waals surface area contributed by atoms with Crippen LogP contribution in [0.1, 0.15) is 16.7 Å². The third kappa shape index (κ3) is 2.70. The molecule has 0 unspecified atom stereocenters. The van der Waals surface area contributed by atoms with Gasteiger partial charge in [-0.1, -0.05) is 6.07 Å². The molecule has 1 aliphatic rings. The average molecular weight is 365 g/mol. The minimum atomic E-state index is -0.378. The van der Waals surface area contributed by atoms with Gasteiger partial charge in [-0.2, -0.15) is 0 Å². The van der Waals surface area contributed by atoms with Gasteiger partial charge in [0.05, 0.1) is 9.40 Å². The lowest BCUT2D eigenvalue weighted by atomic mass is 9.99. The molecule has 1 heterocycles. The Morgan fingerprint density at radius 1 is 1.27 bits per heavy atom. The molecule has 0 atom stereocenters. The zero-order valence-electron chi connectivity index (χ0n) is 12.0. The molecule has 22 heavy (non-hydrogen) atoms. The molecule has 6 heteroatoms. The van der Waals surface area contributed by atoms with Gasteiger partial charge < -0.3 is 4.90 Å². The first-order valence-corrected chi connectivity index (χ1v) is 7.72. The fourth-order valence-corrected chi connectivity index (χ4v) is 3.57. The number of benzene rings is 2. The van der Waals surface area contributed by atoms with Crippen molar-refractivity contribution in [2.45, 2.75) is 19.9 Å². The molecule has 0 bridgehead atoms. The van der Waals surface area contributed by atoms with Crippen LogP contribution in [0, 0.1) is 22.9 Å². The van der Waals surface area contributed by atoms with Crippen LogP contribution in [0.3, 0.4) is 0 Å². The third-order valence-electron chi connectivity index (χ3n) is 3.97. The Labute approximate surface area is 135 Å². The van der Waals surface area contributed by atoms with Crippen LogP contribution in [0.25, 0.3) is 0 Å². The number of nitro groups is 1. The summed E-state index contributed by atoms with van der Waals surface area (Å²) in [4.78, 5) is 12.8. The van der Waals surface area contributed by atoms with Gasteiger partial charge in [-0.25, -0.2) is 4.39 Å². The van der Waals surface area contributed by atoms with Crippen LogP contribution in [-0.4, -0.2) is 11.5 Å². The summed E-state index contributed by atoms with van der Waals surface area (Å²) in [6.07, 6.45) is 0.765. The number of anilines is 1. The largest absolute Gasteiger partial charge is 0.367 e. The minimum absolute atomic E-state index is 0.100. The quantitative estimate of drug-likeness (QED) is 0.587. The van der Waals surface area contributed by atoms with E-state index in [2.05, 4.69) is 20.8 Å². The maximum atomic E-state index is 13.3. The summed E-state index contributed by atoms with van der Waals surface area (Å²) in [5.41, 5.74) is 3.79. The number of hydrogen-bond donors (Lipinski definition) is 0. The summed E-state index contributed by atoms with van der Waals surface area (Å²) < 4.78 is 13.7. The van der Waals surface area contributed by atoms with Gasteiger partial charge in [-0.05, 0) is 64.7 Å². The van der Waals surface area contributed by atoms with E-state index < -0.39 is 0 Å². The minimum Gasteiger partial charge on any atom is -0.367 e. The van der Waals surface area contributed by atoms with Gasteiger partial charge in [0.2, 0.25) is 0 Å². The molecule has 2 aromatic carbocycles. The molecule has 0 aliphatic carbocycles. The standard InChI is InChI=1S/C16H14BrFN2O2/c1-10-6-14(8-15(17)16(10)20(21)22)19-5-4-11-7-13(18)3-2-12(11)9-19/h2-3,6-8H,4-5,9H2,1H3. The second kappa shape index (κ2) is 5.68. The lowest BCUT2D eigenvalue weighted by Crippen LogP contribution is -2.30. The molecule has 0 saturated heterocycles. The molecular formula is C16H14BrFN2O2. The summed E-state index contributed by atoms with van der Waals surface area (Å²) in [6, 6.07) is 8.48. The zero-order chi connectivity index (χ0) is 15.9. The molecule has 3 rings (SSSR count). The predicted octanol–water partition coefficient (Wildman–Crippen LogP) is 4.37. The Morgan fingerprint density at radius 3 is 2.73 bits per heavy atom. The van der Waals surface area contributed by atoms with E-state index in [9.17, 15) is 14.5 Å². The van der Waals surface area contributed by atoms with E-state index in [4.69, 9.17) is 0 Å². The summed E-state index contributed by atoms with van der Waals surface area (Å²) in [7, 11) is 0. The Balaban J connectivity index is 1.93. The highest BCUT2D eigenvalue weighted by molar-refractivity contribution is 9.10. The maximum Gasteiger partial charge on any atom is 0.286 e. The summed E-state index contributed by atoms with van der Waals surface area (Å²) in [5.74, 6) is -0.207. The highest BCUT2D eigenvalue weighted by atomic mass is 79.9. The molecule has 1 aliphatic heterocycles. The van der Waals surface area contributed by atoms with E-state index >= 15 is 0 Å². The molecule has 4 nitrogen and oxygen atoms in total. The fourth-order valence-electron chi connectivity index (χ4n) is 2.87. The molecule has 0 saturated carbocycles. The number of nitro benzene ring substituents is 1. The number of fused-ring (bicyclic) bond motifs is 1. The van der Waals surface area contributed by atoms with Gasteiger partial charge in [-0.15, -0.1) is 0 Å². The van der Waals surface area contributed by atoms with E-state index in [0.29, 0.717) is 16.6 Å². The van der Waals surface area contributed by atoms with Gasteiger partial charge in [0, 0.05) is 24.3 Å². The van der Waals surface area contributed by atoms with Gasteiger partial charge in [0.15, 0.2) is 0 Å². The van der Waals surface area contributed by atoms with Crippen LogP contribution >= 0.6 is 15.9 Å². The molecule has 114 valence electrons. The van der Waals surface area contributed by atoms with E-state index in [0.717, 1.165) is 29.8 Å². The van der Waals surface area contributed by atoms with Gasteiger partial charge in [-0.3, -0.25) is 10.1 Å². The average Bonchev–Trinajstić information content (AvgIpc) is 2.45.